The molecule has 1 amide bonds. The van der Waals surface area contributed by atoms with E-state index in [-0.39, 0.29) is 18.6 Å². The molecule has 0 radical (unpaired) electrons. The third-order valence-corrected chi connectivity index (χ3v) is 4.10. The van der Waals surface area contributed by atoms with Crippen LogP contribution in [0, 0.1) is 6.92 Å². The molecule has 1 heterocycles. The zero-order valence-corrected chi connectivity index (χ0v) is 14.0. The van der Waals surface area contributed by atoms with E-state index in [2.05, 4.69) is 17.9 Å². The Morgan fingerprint density at radius 1 is 1.55 bits per heavy atom. The Bertz CT molecular complexity index is 524. The molecule has 6 heteroatoms. The lowest BCUT2D eigenvalue weighted by Gasteiger charge is -2.35. The van der Waals surface area contributed by atoms with Gasteiger partial charge in [0.05, 0.1) is 19.3 Å². The number of benzene rings is 1. The molecular weight excluding hydrogens is 302 g/mol. The minimum absolute atomic E-state index is 0.103. The van der Waals surface area contributed by atoms with E-state index in [1.165, 1.54) is 11.1 Å². The van der Waals surface area contributed by atoms with Crippen LogP contribution < -0.4 is 5.73 Å². The largest absolute Gasteiger partial charge is 0.374 e. The van der Waals surface area contributed by atoms with Gasteiger partial charge < -0.3 is 10.5 Å². The van der Waals surface area contributed by atoms with E-state index in [0.717, 1.165) is 24.7 Å². The van der Waals surface area contributed by atoms with Gasteiger partial charge in [0.2, 0.25) is 5.91 Å². The molecule has 2 N–H and O–H groups in total. The lowest BCUT2D eigenvalue weighted by atomic mass is 10.1. The first-order valence-electron chi connectivity index (χ1n) is 7.50. The van der Waals surface area contributed by atoms with Crippen LogP contribution in [0.1, 0.15) is 11.1 Å². The second-order valence-corrected chi connectivity index (χ2v) is 6.40. The van der Waals surface area contributed by atoms with E-state index in [9.17, 15) is 4.79 Å². The van der Waals surface area contributed by atoms with Crippen LogP contribution in [0.2, 0.25) is 5.02 Å². The summed E-state index contributed by atoms with van der Waals surface area (Å²) in [6.07, 6.45) is 0.103. The van der Waals surface area contributed by atoms with Gasteiger partial charge in [-0.1, -0.05) is 17.7 Å². The fourth-order valence-corrected chi connectivity index (χ4v) is 3.02. The first-order valence-corrected chi connectivity index (χ1v) is 7.87. The summed E-state index contributed by atoms with van der Waals surface area (Å²) in [5.41, 5.74) is 7.71. The van der Waals surface area contributed by atoms with Crippen molar-refractivity contribution < 1.29 is 9.53 Å². The van der Waals surface area contributed by atoms with E-state index < -0.39 is 0 Å². The van der Waals surface area contributed by atoms with Crippen LogP contribution >= 0.6 is 11.6 Å². The molecule has 0 spiro atoms. The average molecular weight is 326 g/mol. The zero-order valence-electron chi connectivity index (χ0n) is 13.2. The molecule has 1 aromatic carbocycles. The summed E-state index contributed by atoms with van der Waals surface area (Å²) in [4.78, 5) is 15.2. The van der Waals surface area contributed by atoms with Gasteiger partial charge in [-0.25, -0.2) is 0 Å². The van der Waals surface area contributed by atoms with Crippen LogP contribution in [0.4, 0.5) is 0 Å². The maximum Gasteiger partial charge on any atom is 0.231 e. The maximum atomic E-state index is 10.9. The highest BCUT2D eigenvalue weighted by Crippen LogP contribution is 2.18. The number of carbonyl (C=O) groups excluding carboxylic acids is 1. The quantitative estimate of drug-likeness (QED) is 0.855. The molecule has 1 aliphatic rings. The third-order valence-electron chi connectivity index (χ3n) is 3.86. The van der Waals surface area contributed by atoms with Gasteiger partial charge in [-0.3, -0.25) is 14.6 Å². The van der Waals surface area contributed by atoms with Crippen LogP contribution in [0.3, 0.4) is 0 Å². The van der Waals surface area contributed by atoms with Gasteiger partial charge in [-0.05, 0) is 37.2 Å². The Kier molecular flexibility index (Phi) is 6.20. The van der Waals surface area contributed by atoms with Crippen molar-refractivity contribution in [2.75, 3.05) is 39.8 Å². The standard InChI is InChI=1S/C16H24ClN3O2/c1-12-7-14(17)4-3-13(12)8-20-5-6-22-15(10-20)9-19(2)11-16(18)21/h3-4,7,15H,5-6,8-11H2,1-2H3,(H2,18,21)/t15-/m0/s1. The molecular formula is C16H24ClN3O2. The van der Waals surface area contributed by atoms with Crippen molar-refractivity contribution in [3.63, 3.8) is 0 Å². The number of halogens is 1. The number of hydrogen-bond donors (Lipinski definition) is 1. The van der Waals surface area contributed by atoms with E-state index >= 15 is 0 Å². The lowest BCUT2D eigenvalue weighted by molar-refractivity contribution is -0.119. The normalized spacial score (nSPS) is 19.5. The highest BCUT2D eigenvalue weighted by atomic mass is 35.5. The number of rotatable bonds is 6. The van der Waals surface area contributed by atoms with Gasteiger partial charge in [-0.2, -0.15) is 0 Å². The number of ether oxygens (including phenoxy) is 1. The van der Waals surface area contributed by atoms with Crippen molar-refractivity contribution in [3.05, 3.63) is 34.3 Å². The second kappa shape index (κ2) is 7.92. The molecule has 1 saturated heterocycles. The molecule has 1 aliphatic heterocycles. The molecule has 1 aromatic rings. The number of primary amides is 1. The fraction of sp³-hybridized carbons (Fsp3) is 0.562. The molecule has 0 aromatic heterocycles. The van der Waals surface area contributed by atoms with E-state index in [1.54, 1.807) is 0 Å². The molecule has 1 fully saturated rings. The van der Waals surface area contributed by atoms with Crippen LogP contribution in [0.5, 0.6) is 0 Å². The Hall–Kier alpha value is -1.14. The maximum absolute atomic E-state index is 10.9. The van der Waals surface area contributed by atoms with Crippen LogP contribution in [0.25, 0.3) is 0 Å². The summed E-state index contributed by atoms with van der Waals surface area (Å²) in [7, 11) is 1.89. The van der Waals surface area contributed by atoms with Crippen molar-refractivity contribution in [1.82, 2.24) is 9.80 Å². The van der Waals surface area contributed by atoms with Crippen molar-refractivity contribution in [2.45, 2.75) is 19.6 Å². The van der Waals surface area contributed by atoms with Crippen LogP contribution in [-0.4, -0.2) is 61.6 Å². The number of likely N-dealkylation sites (N-methyl/N-ethyl adjacent to an activating group) is 1. The van der Waals surface area contributed by atoms with Crippen molar-refractivity contribution in [1.29, 1.82) is 0 Å². The van der Waals surface area contributed by atoms with Crippen molar-refractivity contribution in [2.24, 2.45) is 5.73 Å². The highest BCUT2D eigenvalue weighted by molar-refractivity contribution is 6.30. The summed E-state index contributed by atoms with van der Waals surface area (Å²) >= 11 is 6.00. The second-order valence-electron chi connectivity index (χ2n) is 5.96. The number of amides is 1. The van der Waals surface area contributed by atoms with Crippen LogP contribution in [-0.2, 0) is 16.1 Å². The predicted molar refractivity (Wildman–Crippen MR) is 87.9 cm³/mol. The molecule has 22 heavy (non-hydrogen) atoms. The number of hydrogen-bond acceptors (Lipinski definition) is 4. The SMILES string of the molecule is Cc1cc(Cl)ccc1CN1CCO[C@@H](CN(C)CC(N)=O)C1. The average Bonchev–Trinajstić information content (AvgIpc) is 2.41. The summed E-state index contributed by atoms with van der Waals surface area (Å²) in [5.74, 6) is -0.313. The lowest BCUT2D eigenvalue weighted by Crippen LogP contribution is -2.47. The molecule has 122 valence electrons. The Labute approximate surface area is 137 Å². The van der Waals surface area contributed by atoms with Gasteiger partial charge in [0.25, 0.3) is 0 Å². The molecule has 2 rings (SSSR count). The smallest absolute Gasteiger partial charge is 0.231 e. The third kappa shape index (κ3) is 5.25. The van der Waals surface area contributed by atoms with Gasteiger partial charge in [0, 0.05) is 31.2 Å². The first-order chi connectivity index (χ1) is 10.4. The number of nitrogens with two attached hydrogens (primary N) is 1. The van der Waals surface area contributed by atoms with Gasteiger partial charge >= 0.3 is 0 Å². The summed E-state index contributed by atoms with van der Waals surface area (Å²) in [6.45, 7) is 6.42. The molecule has 5 nitrogen and oxygen atoms in total. The first kappa shape index (κ1) is 17.2. The van der Waals surface area contributed by atoms with Gasteiger partial charge in [0.15, 0.2) is 0 Å². The topological polar surface area (TPSA) is 58.8 Å². The predicted octanol–water partition coefficient (Wildman–Crippen LogP) is 1.27. The Morgan fingerprint density at radius 3 is 3.00 bits per heavy atom. The van der Waals surface area contributed by atoms with Gasteiger partial charge in [0.1, 0.15) is 0 Å². The fourth-order valence-electron chi connectivity index (χ4n) is 2.79. The minimum atomic E-state index is -0.313. The van der Waals surface area contributed by atoms with E-state index in [1.807, 2.05) is 24.1 Å². The summed E-state index contributed by atoms with van der Waals surface area (Å²) in [6, 6.07) is 6.01. The molecule has 0 aliphatic carbocycles. The Balaban J connectivity index is 1.89. The van der Waals surface area contributed by atoms with Gasteiger partial charge in [-0.15, -0.1) is 0 Å². The highest BCUT2D eigenvalue weighted by Gasteiger charge is 2.22. The zero-order chi connectivity index (χ0) is 16.1. The number of morpholine rings is 1. The number of nitrogens with zero attached hydrogens (tertiary/aromatic N) is 2. The van der Waals surface area contributed by atoms with E-state index in [0.29, 0.717) is 13.2 Å². The summed E-state index contributed by atoms with van der Waals surface area (Å²) < 4.78 is 5.79. The van der Waals surface area contributed by atoms with E-state index in [4.69, 9.17) is 22.1 Å². The van der Waals surface area contributed by atoms with Crippen molar-refractivity contribution >= 4 is 17.5 Å². The monoisotopic (exact) mass is 325 g/mol. The number of carbonyl (C=O) groups is 1. The Morgan fingerprint density at radius 2 is 2.32 bits per heavy atom. The number of aryl methyl sites for hydroxylation is 1. The van der Waals surface area contributed by atoms with Crippen LogP contribution in [0.15, 0.2) is 18.2 Å². The molecule has 0 bridgehead atoms. The van der Waals surface area contributed by atoms with Crippen molar-refractivity contribution in [3.8, 4) is 0 Å². The minimum Gasteiger partial charge on any atom is -0.374 e. The molecule has 0 saturated carbocycles. The molecule has 0 unspecified atom stereocenters. The summed E-state index contributed by atoms with van der Waals surface area (Å²) in [5, 5.41) is 0.772. The molecule has 1 atom stereocenters.